The molecule has 1 N–H and O–H groups in total. The predicted octanol–water partition coefficient (Wildman–Crippen LogP) is 4.55. The summed E-state index contributed by atoms with van der Waals surface area (Å²) in [6.07, 6.45) is 12.2. The molecule has 0 radical (unpaired) electrons. The SMILES string of the molecule is CC1=C(CCc2ccc(C3C4=C(CC(C)(C)CC4=O)[I-]C4=C3C(O)CC(C)(C)C4)cc2)C=CCC1. The van der Waals surface area contributed by atoms with E-state index in [0.717, 1.165) is 37.7 Å². The van der Waals surface area contributed by atoms with Crippen molar-refractivity contribution < 1.29 is 31.1 Å². The van der Waals surface area contributed by atoms with E-state index >= 15 is 0 Å². The molecule has 5 rings (SSSR count). The molecule has 188 valence electrons. The number of hydrogen-bond acceptors (Lipinski definition) is 2. The standard InChI is InChI=1S/C32H40IO2/c1-20-8-6-7-9-22(20)13-10-21-11-14-23(15-12-21)28-29-24(16-31(2,3)18-26(29)34)33-25-17-32(4,5)19-27(35)30(25)28/h7,9,11-12,14-15,26,28,34H,6,8,10,13,16-19H2,1-5H3/q-1. The number of benzene rings is 1. The Hall–Kier alpha value is -1.46. The molecule has 2 nitrogen and oxygen atoms in total. The Morgan fingerprint density at radius 1 is 0.971 bits per heavy atom. The fourth-order valence-corrected chi connectivity index (χ4v) is 11.5. The topological polar surface area (TPSA) is 37.3 Å². The first-order valence-electron chi connectivity index (χ1n) is 13.3. The second kappa shape index (κ2) is 9.45. The van der Waals surface area contributed by atoms with Gasteiger partial charge in [-0.05, 0) is 6.42 Å². The molecule has 2 atom stereocenters. The average molecular weight is 584 g/mol. The van der Waals surface area contributed by atoms with E-state index in [0.29, 0.717) is 12.2 Å². The monoisotopic (exact) mass is 583 g/mol. The number of aliphatic hydroxyl groups excluding tert-OH is 1. The predicted molar refractivity (Wildman–Crippen MR) is 140 cm³/mol. The van der Waals surface area contributed by atoms with Crippen molar-refractivity contribution in [3.05, 3.63) is 77.0 Å². The smallest absolute Gasteiger partial charge is 0.0310 e. The van der Waals surface area contributed by atoms with Crippen molar-refractivity contribution >= 4 is 5.78 Å². The van der Waals surface area contributed by atoms with Crippen molar-refractivity contribution in [2.45, 2.75) is 98.0 Å². The summed E-state index contributed by atoms with van der Waals surface area (Å²) >= 11 is -0.358. The number of aryl methyl sites for hydroxylation is 1. The van der Waals surface area contributed by atoms with Crippen LogP contribution in [0.5, 0.6) is 0 Å². The Kier molecular flexibility index (Phi) is 6.80. The van der Waals surface area contributed by atoms with Gasteiger partial charge in [0.05, 0.1) is 0 Å². The number of Topliss-reactive ketones (excluding diaryl/α,β-unsaturated/α-hetero) is 1. The molecule has 35 heavy (non-hydrogen) atoms. The van der Waals surface area contributed by atoms with Gasteiger partial charge in [0.1, 0.15) is 0 Å². The second-order valence-corrected chi connectivity index (χ2v) is 15.8. The number of halogens is 1. The molecule has 1 aromatic carbocycles. The maximum atomic E-state index is 13.6. The van der Waals surface area contributed by atoms with Crippen LogP contribution in [0.1, 0.15) is 96.6 Å². The molecule has 0 amide bonds. The van der Waals surface area contributed by atoms with E-state index < -0.39 is 6.10 Å². The molecule has 0 spiro atoms. The van der Waals surface area contributed by atoms with Gasteiger partial charge in [-0.25, -0.2) is 0 Å². The molecule has 1 aromatic rings. The van der Waals surface area contributed by atoms with Gasteiger partial charge in [-0.2, -0.15) is 0 Å². The van der Waals surface area contributed by atoms with Crippen molar-refractivity contribution in [3.63, 3.8) is 0 Å². The molecule has 0 fully saturated rings. The summed E-state index contributed by atoms with van der Waals surface area (Å²) in [7, 11) is 0. The van der Waals surface area contributed by atoms with E-state index in [1.54, 1.807) is 0 Å². The Morgan fingerprint density at radius 2 is 1.69 bits per heavy atom. The van der Waals surface area contributed by atoms with E-state index in [2.05, 4.69) is 71.0 Å². The van der Waals surface area contributed by atoms with Gasteiger partial charge in [-0.15, -0.1) is 0 Å². The number of hydrogen-bond donors (Lipinski definition) is 1. The van der Waals surface area contributed by atoms with E-state index in [-0.39, 0.29) is 38.0 Å². The number of carbonyl (C=O) groups excluding carboxylic acids is 1. The molecule has 1 heterocycles. The second-order valence-electron chi connectivity index (χ2n) is 12.7. The quantitative estimate of drug-likeness (QED) is 0.529. The van der Waals surface area contributed by atoms with E-state index in [1.165, 1.54) is 47.8 Å². The summed E-state index contributed by atoms with van der Waals surface area (Å²) in [5, 5.41) is 11.4. The van der Waals surface area contributed by atoms with Crippen LogP contribution in [0.2, 0.25) is 0 Å². The van der Waals surface area contributed by atoms with Gasteiger partial charge in [0.2, 0.25) is 0 Å². The van der Waals surface area contributed by atoms with Gasteiger partial charge in [-0.1, -0.05) is 0 Å². The Morgan fingerprint density at radius 3 is 2.40 bits per heavy atom. The molecule has 4 aliphatic rings. The summed E-state index contributed by atoms with van der Waals surface area (Å²) in [5.74, 6) is 0.267. The minimum atomic E-state index is -0.442. The zero-order valence-electron chi connectivity index (χ0n) is 22.0. The molecule has 1 aliphatic heterocycles. The molecular formula is C32H40IO2-. The minimum Gasteiger partial charge on any atom is -0.0310 e. The molecular weight excluding hydrogens is 543 g/mol. The summed E-state index contributed by atoms with van der Waals surface area (Å²) in [6.45, 7) is 11.3. The normalized spacial score (nSPS) is 28.0. The molecule has 2 unspecified atom stereocenters. The van der Waals surface area contributed by atoms with Crippen LogP contribution < -0.4 is 21.2 Å². The van der Waals surface area contributed by atoms with Crippen molar-refractivity contribution in [1.82, 2.24) is 0 Å². The number of aliphatic hydroxyl groups is 1. The van der Waals surface area contributed by atoms with Crippen LogP contribution >= 0.6 is 0 Å². The summed E-state index contributed by atoms with van der Waals surface area (Å²) < 4.78 is 2.94. The third-order valence-electron chi connectivity index (χ3n) is 8.29. The van der Waals surface area contributed by atoms with E-state index in [4.69, 9.17) is 0 Å². The Labute approximate surface area is 221 Å². The van der Waals surface area contributed by atoms with Crippen molar-refractivity contribution in [3.8, 4) is 0 Å². The average Bonchev–Trinajstić information content (AvgIpc) is 2.76. The van der Waals surface area contributed by atoms with Crippen LogP contribution in [-0.2, 0) is 11.2 Å². The Bertz CT molecular complexity index is 1160. The van der Waals surface area contributed by atoms with Gasteiger partial charge in [0, 0.05) is 0 Å². The molecule has 0 saturated heterocycles. The van der Waals surface area contributed by atoms with Crippen LogP contribution in [0, 0.1) is 10.8 Å². The van der Waals surface area contributed by atoms with Gasteiger partial charge in [-0.3, -0.25) is 0 Å². The number of rotatable bonds is 4. The van der Waals surface area contributed by atoms with E-state index in [1.807, 2.05) is 0 Å². The fraction of sp³-hybridized carbons (Fsp3) is 0.531. The van der Waals surface area contributed by atoms with Crippen LogP contribution in [0.3, 0.4) is 0 Å². The molecule has 0 bridgehead atoms. The third-order valence-corrected chi connectivity index (χ3v) is 11.6. The van der Waals surface area contributed by atoms with Crippen LogP contribution in [-0.4, -0.2) is 17.0 Å². The van der Waals surface area contributed by atoms with E-state index in [9.17, 15) is 9.90 Å². The first-order valence-corrected chi connectivity index (χ1v) is 15.4. The number of allylic oxidation sites excluding steroid dienone is 7. The number of carbonyl (C=O) groups is 1. The molecule has 0 saturated carbocycles. The number of ketones is 1. The van der Waals surface area contributed by atoms with Gasteiger partial charge in [0.15, 0.2) is 0 Å². The van der Waals surface area contributed by atoms with Gasteiger partial charge < -0.3 is 0 Å². The van der Waals surface area contributed by atoms with Gasteiger partial charge in [0.25, 0.3) is 0 Å². The van der Waals surface area contributed by atoms with Crippen LogP contribution in [0.4, 0.5) is 0 Å². The summed E-state index contributed by atoms with van der Waals surface area (Å²) in [6, 6.07) is 9.02. The van der Waals surface area contributed by atoms with Crippen molar-refractivity contribution in [1.29, 1.82) is 0 Å². The van der Waals surface area contributed by atoms with Crippen molar-refractivity contribution in [2.75, 3.05) is 0 Å². The van der Waals surface area contributed by atoms with Crippen LogP contribution in [0.15, 0.2) is 65.9 Å². The minimum absolute atomic E-state index is 0.0469. The molecule has 3 heteroatoms. The Balaban J connectivity index is 1.48. The van der Waals surface area contributed by atoms with Crippen molar-refractivity contribution in [2.24, 2.45) is 10.8 Å². The first-order chi connectivity index (χ1) is 16.5. The zero-order valence-corrected chi connectivity index (χ0v) is 24.2. The first kappa shape index (κ1) is 25.2. The summed E-state index contributed by atoms with van der Waals surface area (Å²) in [5.41, 5.74) is 7.97. The fourth-order valence-electron chi connectivity index (χ4n) is 6.43. The zero-order chi connectivity index (χ0) is 25.0. The van der Waals surface area contributed by atoms with Gasteiger partial charge >= 0.3 is 216 Å². The summed E-state index contributed by atoms with van der Waals surface area (Å²) in [4.78, 5) is 13.6. The van der Waals surface area contributed by atoms with Crippen LogP contribution in [0.25, 0.3) is 0 Å². The maximum absolute atomic E-state index is 13.6. The third kappa shape index (κ3) is 5.18. The molecule has 3 aliphatic carbocycles. The molecule has 0 aromatic heterocycles.